The second-order valence-electron chi connectivity index (χ2n) is 4.58. The van der Waals surface area contributed by atoms with E-state index in [0.29, 0.717) is 10.6 Å². The van der Waals surface area contributed by atoms with Crippen LogP contribution in [0.3, 0.4) is 0 Å². The first-order chi connectivity index (χ1) is 9.52. The van der Waals surface area contributed by atoms with E-state index < -0.39 is 16.7 Å². The summed E-state index contributed by atoms with van der Waals surface area (Å²) < 4.78 is 11.2. The number of aliphatic hydroxyl groups excluding tert-OH is 1. The van der Waals surface area contributed by atoms with Crippen molar-refractivity contribution in [3.05, 3.63) is 35.6 Å². The summed E-state index contributed by atoms with van der Waals surface area (Å²) in [7, 11) is -1.08. The molecule has 1 fully saturated rings. The van der Waals surface area contributed by atoms with Gasteiger partial charge in [0.05, 0.1) is 0 Å². The van der Waals surface area contributed by atoms with Crippen LogP contribution in [0.5, 0.6) is 0 Å². The monoisotopic (exact) mass is 290 g/mol. The maximum atomic E-state index is 11.9. The summed E-state index contributed by atoms with van der Waals surface area (Å²) in [5.41, 5.74) is 0.246. The molecule has 1 aliphatic rings. The van der Waals surface area contributed by atoms with Crippen LogP contribution < -0.4 is 5.32 Å². The van der Waals surface area contributed by atoms with Crippen LogP contribution in [0.15, 0.2) is 40.5 Å². The molecule has 1 amide bonds. The van der Waals surface area contributed by atoms with Crippen LogP contribution in [0.25, 0.3) is 0 Å². The number of amides is 1. The molecule has 1 aliphatic carbocycles. The smallest absolute Gasteiger partial charge is 0.269 e. The van der Waals surface area contributed by atoms with Gasteiger partial charge in [0.15, 0.2) is 5.57 Å². The summed E-state index contributed by atoms with van der Waals surface area (Å²) in [5.74, 6) is -0.807. The molecule has 1 saturated carbocycles. The largest absolute Gasteiger partial charge is 0.510 e. The molecular formula is C14H14N2O3S. The molecule has 0 saturated heterocycles. The third-order valence-corrected chi connectivity index (χ3v) is 3.94. The van der Waals surface area contributed by atoms with E-state index in [2.05, 4.69) is 5.32 Å². The summed E-state index contributed by atoms with van der Waals surface area (Å²) in [6, 6.07) is 8.24. The van der Waals surface area contributed by atoms with Gasteiger partial charge in [0.2, 0.25) is 0 Å². The molecule has 1 atom stereocenters. The number of rotatable bonds is 4. The van der Waals surface area contributed by atoms with Gasteiger partial charge in [0.25, 0.3) is 5.91 Å². The van der Waals surface area contributed by atoms with E-state index in [1.165, 1.54) is 0 Å². The van der Waals surface area contributed by atoms with Crippen molar-refractivity contribution in [2.45, 2.75) is 17.7 Å². The average molecular weight is 290 g/mol. The van der Waals surface area contributed by atoms with E-state index in [0.717, 1.165) is 12.8 Å². The number of hydrogen-bond acceptors (Lipinski definition) is 4. The summed E-state index contributed by atoms with van der Waals surface area (Å²) in [6.45, 7) is 0. The van der Waals surface area contributed by atoms with E-state index in [4.69, 9.17) is 5.26 Å². The summed E-state index contributed by atoms with van der Waals surface area (Å²) >= 11 is 0. The van der Waals surface area contributed by atoms with Crippen LogP contribution in [0.2, 0.25) is 0 Å². The van der Waals surface area contributed by atoms with E-state index >= 15 is 0 Å². The quantitative estimate of drug-likeness (QED) is 0.505. The number of aliphatic hydroxyl groups is 1. The van der Waals surface area contributed by atoms with Crippen molar-refractivity contribution in [3.8, 4) is 6.07 Å². The highest BCUT2D eigenvalue weighted by molar-refractivity contribution is 7.84. The summed E-state index contributed by atoms with van der Waals surface area (Å²) in [4.78, 5) is 12.6. The van der Waals surface area contributed by atoms with Gasteiger partial charge in [-0.15, -0.1) is 0 Å². The van der Waals surface area contributed by atoms with Gasteiger partial charge in [-0.25, -0.2) is 0 Å². The minimum absolute atomic E-state index is 0.0553. The number of benzene rings is 1. The highest BCUT2D eigenvalue weighted by Gasteiger charge is 2.30. The van der Waals surface area contributed by atoms with Gasteiger partial charge in [-0.1, -0.05) is 0 Å². The molecular weight excluding hydrogens is 276 g/mol. The Morgan fingerprint density at radius 1 is 1.40 bits per heavy atom. The van der Waals surface area contributed by atoms with Gasteiger partial charge in [-0.2, -0.15) is 5.26 Å². The number of allylic oxidation sites excluding steroid dienone is 1. The Morgan fingerprint density at radius 2 is 2.00 bits per heavy atom. The standard InChI is InChI=1S/C14H14N2O3S/c1-20(19)11-6-4-10(5-7-11)16-14(18)12(8-15)13(17)9-2-3-9/h4-7,9,17H,2-3H2,1H3,(H,16,18)/b13-12-. The fourth-order valence-corrected chi connectivity index (χ4v) is 2.23. The molecule has 104 valence electrons. The van der Waals surface area contributed by atoms with Gasteiger partial charge in [0, 0.05) is 33.6 Å². The van der Waals surface area contributed by atoms with E-state index in [1.807, 2.05) is 0 Å². The average Bonchev–Trinajstić information content (AvgIpc) is 3.24. The van der Waals surface area contributed by atoms with Gasteiger partial charge >= 0.3 is 0 Å². The van der Waals surface area contributed by atoms with E-state index in [1.54, 1.807) is 36.6 Å². The first kappa shape index (κ1) is 14.3. The Morgan fingerprint density at radius 3 is 2.45 bits per heavy atom. The molecule has 2 N–H and O–H groups in total. The van der Waals surface area contributed by atoms with Gasteiger partial charge in [-0.3, -0.25) is 9.00 Å². The lowest BCUT2D eigenvalue weighted by atomic mass is 10.1. The number of nitrogens with one attached hydrogen (secondary N) is 1. The highest BCUT2D eigenvalue weighted by atomic mass is 32.2. The molecule has 0 bridgehead atoms. The normalized spacial score (nSPS) is 16.8. The summed E-state index contributed by atoms with van der Waals surface area (Å²) in [6.07, 6.45) is 3.18. The number of carbonyl (C=O) groups is 1. The lowest BCUT2D eigenvalue weighted by molar-refractivity contribution is -0.112. The third-order valence-electron chi connectivity index (χ3n) is 3.00. The van der Waals surface area contributed by atoms with Crippen molar-refractivity contribution in [1.29, 1.82) is 5.26 Å². The van der Waals surface area contributed by atoms with Crippen molar-refractivity contribution >= 4 is 22.4 Å². The Labute approximate surface area is 119 Å². The zero-order valence-electron chi connectivity index (χ0n) is 10.9. The van der Waals surface area contributed by atoms with Crippen LogP contribution in [-0.2, 0) is 15.6 Å². The van der Waals surface area contributed by atoms with Crippen molar-refractivity contribution < 1.29 is 14.1 Å². The van der Waals surface area contributed by atoms with Crippen molar-refractivity contribution in [2.24, 2.45) is 5.92 Å². The lowest BCUT2D eigenvalue weighted by Gasteiger charge is -2.06. The van der Waals surface area contributed by atoms with Gasteiger partial charge in [0.1, 0.15) is 11.8 Å². The van der Waals surface area contributed by atoms with Crippen LogP contribution in [-0.4, -0.2) is 21.5 Å². The van der Waals surface area contributed by atoms with Crippen LogP contribution in [0, 0.1) is 17.2 Å². The van der Waals surface area contributed by atoms with Crippen molar-refractivity contribution in [2.75, 3.05) is 11.6 Å². The predicted molar refractivity (Wildman–Crippen MR) is 75.4 cm³/mol. The Kier molecular flexibility index (Phi) is 4.20. The molecule has 0 radical (unpaired) electrons. The molecule has 20 heavy (non-hydrogen) atoms. The third kappa shape index (κ3) is 3.25. The lowest BCUT2D eigenvalue weighted by Crippen LogP contribution is -2.16. The molecule has 0 aliphatic heterocycles. The number of nitriles is 1. The number of nitrogens with zero attached hydrogens (tertiary/aromatic N) is 1. The van der Waals surface area contributed by atoms with Crippen LogP contribution in [0.4, 0.5) is 5.69 Å². The Bertz CT molecular complexity index is 625. The van der Waals surface area contributed by atoms with E-state index in [-0.39, 0.29) is 17.3 Å². The maximum absolute atomic E-state index is 11.9. The first-order valence-electron chi connectivity index (χ1n) is 6.11. The van der Waals surface area contributed by atoms with Crippen molar-refractivity contribution in [3.63, 3.8) is 0 Å². The number of hydrogen-bond donors (Lipinski definition) is 2. The second-order valence-corrected chi connectivity index (χ2v) is 5.96. The van der Waals surface area contributed by atoms with Crippen LogP contribution in [0.1, 0.15) is 12.8 Å². The Hall–Kier alpha value is -2.13. The SMILES string of the molecule is CS(=O)c1ccc(NC(=O)/C(C#N)=C(\O)C2CC2)cc1. The topological polar surface area (TPSA) is 90.2 Å². The van der Waals surface area contributed by atoms with Gasteiger partial charge in [-0.05, 0) is 37.1 Å². The van der Waals surface area contributed by atoms with Crippen LogP contribution >= 0.6 is 0 Å². The molecule has 0 aromatic heterocycles. The molecule has 2 rings (SSSR count). The molecule has 1 aromatic rings. The molecule has 1 unspecified atom stereocenters. The molecule has 0 spiro atoms. The molecule has 0 heterocycles. The fraction of sp³-hybridized carbons (Fsp3) is 0.286. The van der Waals surface area contributed by atoms with Gasteiger partial charge < -0.3 is 10.4 Å². The predicted octanol–water partition coefficient (Wildman–Crippen LogP) is 2.11. The summed E-state index contributed by atoms with van der Waals surface area (Å²) in [5, 5.41) is 21.3. The number of carbonyl (C=O) groups excluding carboxylic acids is 1. The molecule has 6 heteroatoms. The van der Waals surface area contributed by atoms with Crippen molar-refractivity contribution in [1.82, 2.24) is 0 Å². The molecule has 5 nitrogen and oxygen atoms in total. The zero-order chi connectivity index (χ0) is 14.7. The zero-order valence-corrected chi connectivity index (χ0v) is 11.7. The fourth-order valence-electron chi connectivity index (χ4n) is 1.71. The second kappa shape index (κ2) is 5.88. The maximum Gasteiger partial charge on any atom is 0.269 e. The minimum Gasteiger partial charge on any atom is -0.510 e. The highest BCUT2D eigenvalue weighted by Crippen LogP contribution is 2.36. The minimum atomic E-state index is -1.08. The first-order valence-corrected chi connectivity index (χ1v) is 7.66. The van der Waals surface area contributed by atoms with E-state index in [9.17, 15) is 14.1 Å². The Balaban J connectivity index is 2.13. The number of anilines is 1. The molecule has 1 aromatic carbocycles.